The number of hydrogen-bond donors (Lipinski definition) is 1. The Morgan fingerprint density at radius 1 is 1.06 bits per heavy atom. The second-order valence-corrected chi connectivity index (χ2v) is 4.70. The number of carbonyl (C=O) groups is 1. The normalized spacial score (nSPS) is 24.0. The van der Waals surface area contributed by atoms with Crippen molar-refractivity contribution >= 4 is 6.09 Å². The molecule has 1 aliphatic heterocycles. The highest BCUT2D eigenvalue weighted by Crippen LogP contribution is 2.20. The van der Waals surface area contributed by atoms with E-state index < -0.39 is 0 Å². The van der Waals surface area contributed by atoms with Gasteiger partial charge >= 0.3 is 6.09 Å². The van der Waals surface area contributed by atoms with E-state index in [9.17, 15) is 4.79 Å². The van der Waals surface area contributed by atoms with Crippen molar-refractivity contribution in [2.75, 3.05) is 13.2 Å². The summed E-state index contributed by atoms with van der Waals surface area (Å²) < 4.78 is 10.6. The fourth-order valence-electron chi connectivity index (χ4n) is 2.38. The van der Waals surface area contributed by atoms with Crippen LogP contribution in [0.25, 0.3) is 0 Å². The van der Waals surface area contributed by atoms with Crippen molar-refractivity contribution in [2.24, 2.45) is 0 Å². The topological polar surface area (TPSA) is 47.6 Å². The lowest BCUT2D eigenvalue weighted by molar-refractivity contribution is 0.0551. The van der Waals surface area contributed by atoms with Crippen molar-refractivity contribution in [3.63, 3.8) is 0 Å². The molecule has 4 nitrogen and oxygen atoms in total. The average Bonchev–Trinajstić information content (AvgIpc) is 2.31. The Morgan fingerprint density at radius 2 is 1.75 bits per heavy atom. The number of alkyl carbamates (subject to hydrolysis) is 1. The van der Waals surface area contributed by atoms with E-state index in [0.29, 0.717) is 0 Å². The summed E-state index contributed by atoms with van der Waals surface area (Å²) in [5.74, 6) is 0. The molecule has 1 heterocycles. The van der Waals surface area contributed by atoms with E-state index in [-0.39, 0.29) is 18.2 Å². The first-order valence-corrected chi connectivity index (χ1v) is 6.39. The van der Waals surface area contributed by atoms with E-state index >= 15 is 0 Å². The summed E-state index contributed by atoms with van der Waals surface area (Å²) in [6, 6.07) is 0.241. The monoisotopic (exact) mass is 227 g/mol. The minimum Gasteiger partial charge on any atom is -0.446 e. The number of rotatable bonds is 2. The SMILES string of the molecule is O=C(NC1CCOCC1)OC1CCCCC1. The lowest BCUT2D eigenvalue weighted by Crippen LogP contribution is -2.40. The predicted molar refractivity (Wildman–Crippen MR) is 60.3 cm³/mol. The molecular formula is C12H21NO3. The van der Waals surface area contributed by atoms with Gasteiger partial charge in [-0.2, -0.15) is 0 Å². The van der Waals surface area contributed by atoms with Crippen LogP contribution in [-0.4, -0.2) is 31.5 Å². The molecule has 1 saturated carbocycles. The van der Waals surface area contributed by atoms with Crippen LogP contribution in [-0.2, 0) is 9.47 Å². The van der Waals surface area contributed by atoms with Crippen LogP contribution in [0.3, 0.4) is 0 Å². The third kappa shape index (κ3) is 3.67. The highest BCUT2D eigenvalue weighted by Gasteiger charge is 2.21. The van der Waals surface area contributed by atoms with Crippen molar-refractivity contribution in [1.29, 1.82) is 0 Å². The third-order valence-electron chi connectivity index (χ3n) is 3.37. The van der Waals surface area contributed by atoms with Gasteiger partial charge in [0.05, 0.1) is 0 Å². The van der Waals surface area contributed by atoms with Crippen LogP contribution in [0.4, 0.5) is 4.79 Å². The minimum absolute atomic E-state index is 0.147. The molecule has 92 valence electrons. The van der Waals surface area contributed by atoms with Crippen LogP contribution in [0.2, 0.25) is 0 Å². The molecule has 0 radical (unpaired) electrons. The van der Waals surface area contributed by atoms with Crippen molar-refractivity contribution < 1.29 is 14.3 Å². The molecule has 4 heteroatoms. The molecule has 0 aromatic heterocycles. The molecule has 1 N–H and O–H groups in total. The van der Waals surface area contributed by atoms with Crippen molar-refractivity contribution in [3.05, 3.63) is 0 Å². The first kappa shape index (κ1) is 11.7. The number of ether oxygens (including phenoxy) is 2. The summed E-state index contributed by atoms with van der Waals surface area (Å²) in [6.07, 6.45) is 7.43. The molecule has 2 aliphatic rings. The first-order valence-electron chi connectivity index (χ1n) is 6.39. The van der Waals surface area contributed by atoms with E-state index in [0.717, 1.165) is 38.9 Å². The largest absolute Gasteiger partial charge is 0.446 e. The van der Waals surface area contributed by atoms with Crippen LogP contribution in [0.1, 0.15) is 44.9 Å². The summed E-state index contributed by atoms with van der Waals surface area (Å²) in [7, 11) is 0. The Bertz CT molecular complexity index is 198. The van der Waals surface area contributed by atoms with Gasteiger partial charge in [0, 0.05) is 19.3 Å². The van der Waals surface area contributed by atoms with Gasteiger partial charge < -0.3 is 14.8 Å². The maximum absolute atomic E-state index is 11.6. The Labute approximate surface area is 96.7 Å². The zero-order valence-corrected chi connectivity index (χ0v) is 9.74. The van der Waals surface area contributed by atoms with E-state index in [4.69, 9.17) is 9.47 Å². The van der Waals surface area contributed by atoms with Crippen LogP contribution < -0.4 is 5.32 Å². The summed E-state index contributed by atoms with van der Waals surface area (Å²) in [6.45, 7) is 1.49. The molecular weight excluding hydrogens is 206 g/mol. The van der Waals surface area contributed by atoms with Gasteiger partial charge in [0.15, 0.2) is 0 Å². The number of amides is 1. The summed E-state index contributed by atoms with van der Waals surface area (Å²) in [5.41, 5.74) is 0. The first-order chi connectivity index (χ1) is 7.84. The molecule has 1 amide bonds. The van der Waals surface area contributed by atoms with Gasteiger partial charge in [-0.15, -0.1) is 0 Å². The lowest BCUT2D eigenvalue weighted by atomic mass is 9.98. The van der Waals surface area contributed by atoms with Gasteiger partial charge in [-0.3, -0.25) is 0 Å². The van der Waals surface area contributed by atoms with E-state index in [2.05, 4.69) is 5.32 Å². The fourth-order valence-corrected chi connectivity index (χ4v) is 2.38. The third-order valence-corrected chi connectivity index (χ3v) is 3.37. The van der Waals surface area contributed by atoms with Gasteiger partial charge in [-0.05, 0) is 38.5 Å². The van der Waals surface area contributed by atoms with Gasteiger partial charge in [-0.25, -0.2) is 4.79 Å². The fraction of sp³-hybridized carbons (Fsp3) is 0.917. The van der Waals surface area contributed by atoms with Gasteiger partial charge in [0.25, 0.3) is 0 Å². The highest BCUT2D eigenvalue weighted by molar-refractivity contribution is 5.67. The summed E-state index contributed by atoms with van der Waals surface area (Å²) in [5, 5.41) is 2.92. The number of nitrogens with one attached hydrogen (secondary N) is 1. The quantitative estimate of drug-likeness (QED) is 0.787. The van der Waals surface area contributed by atoms with Crippen molar-refractivity contribution in [1.82, 2.24) is 5.32 Å². The average molecular weight is 227 g/mol. The smallest absolute Gasteiger partial charge is 0.407 e. The van der Waals surface area contributed by atoms with Gasteiger partial charge in [0.1, 0.15) is 6.10 Å². The van der Waals surface area contributed by atoms with Crippen LogP contribution in [0, 0.1) is 0 Å². The maximum Gasteiger partial charge on any atom is 0.407 e. The highest BCUT2D eigenvalue weighted by atomic mass is 16.6. The lowest BCUT2D eigenvalue weighted by Gasteiger charge is -2.26. The zero-order chi connectivity index (χ0) is 11.2. The Morgan fingerprint density at radius 3 is 2.44 bits per heavy atom. The molecule has 0 unspecified atom stereocenters. The van der Waals surface area contributed by atoms with Crippen LogP contribution in [0.5, 0.6) is 0 Å². The summed E-state index contributed by atoms with van der Waals surface area (Å²) >= 11 is 0. The second kappa shape index (κ2) is 6.09. The van der Waals surface area contributed by atoms with Crippen LogP contribution in [0.15, 0.2) is 0 Å². The molecule has 1 aliphatic carbocycles. The van der Waals surface area contributed by atoms with E-state index in [1.807, 2.05) is 0 Å². The number of carbonyl (C=O) groups excluding carboxylic acids is 1. The minimum atomic E-state index is -0.237. The van der Waals surface area contributed by atoms with E-state index in [1.165, 1.54) is 19.3 Å². The van der Waals surface area contributed by atoms with Crippen LogP contribution >= 0.6 is 0 Å². The number of hydrogen-bond acceptors (Lipinski definition) is 3. The van der Waals surface area contributed by atoms with E-state index in [1.54, 1.807) is 0 Å². The molecule has 0 spiro atoms. The molecule has 0 bridgehead atoms. The van der Waals surface area contributed by atoms with Gasteiger partial charge in [0.2, 0.25) is 0 Å². The second-order valence-electron chi connectivity index (χ2n) is 4.70. The maximum atomic E-state index is 11.6. The van der Waals surface area contributed by atoms with Gasteiger partial charge in [-0.1, -0.05) is 6.42 Å². The predicted octanol–water partition coefficient (Wildman–Crippen LogP) is 2.22. The summed E-state index contributed by atoms with van der Waals surface area (Å²) in [4.78, 5) is 11.6. The molecule has 2 fully saturated rings. The molecule has 0 aromatic carbocycles. The molecule has 16 heavy (non-hydrogen) atoms. The Kier molecular flexibility index (Phi) is 4.45. The molecule has 1 saturated heterocycles. The molecule has 2 rings (SSSR count). The zero-order valence-electron chi connectivity index (χ0n) is 9.74. The Balaban J connectivity index is 1.66. The van der Waals surface area contributed by atoms with Crippen molar-refractivity contribution in [3.8, 4) is 0 Å². The Hall–Kier alpha value is -0.770. The standard InChI is InChI=1S/C12H21NO3/c14-12(13-10-6-8-15-9-7-10)16-11-4-2-1-3-5-11/h10-11H,1-9H2,(H,13,14). The molecule has 0 aromatic rings. The molecule has 0 atom stereocenters. The van der Waals surface area contributed by atoms with Crippen molar-refractivity contribution in [2.45, 2.75) is 57.1 Å².